The fraction of sp³-hybridized carbons (Fsp3) is 0. The highest BCUT2D eigenvalue weighted by molar-refractivity contribution is 5.76. The second-order valence-corrected chi connectivity index (χ2v) is 0. The van der Waals surface area contributed by atoms with E-state index in [1.54, 1.807) is 0 Å². The molecule has 4 heavy (non-hydrogen) atoms. The SMILES string of the molecule is O.O.[AlH3].[AlH3]. The van der Waals surface area contributed by atoms with E-state index in [4.69, 9.17) is 0 Å². The highest BCUT2D eigenvalue weighted by Crippen LogP contribution is -0.288. The summed E-state index contributed by atoms with van der Waals surface area (Å²) in [7, 11) is 0. The van der Waals surface area contributed by atoms with Crippen LogP contribution in [0.25, 0.3) is 0 Å². The Kier molecular flexibility index (Phi) is 747. The summed E-state index contributed by atoms with van der Waals surface area (Å²) in [6, 6.07) is 0. The molecule has 0 aliphatic heterocycles. The average Bonchev–Trinajstić information content (AvgIpc) is 0. The van der Waals surface area contributed by atoms with Gasteiger partial charge in [-0.1, -0.05) is 0 Å². The lowest BCUT2D eigenvalue weighted by molar-refractivity contribution is 0.823. The third-order valence-electron chi connectivity index (χ3n) is 0. The van der Waals surface area contributed by atoms with E-state index in [2.05, 4.69) is 0 Å². The molecule has 28 valence electrons. The summed E-state index contributed by atoms with van der Waals surface area (Å²) >= 11 is 0. The van der Waals surface area contributed by atoms with Crippen molar-refractivity contribution in [3.8, 4) is 0 Å². The lowest BCUT2D eigenvalue weighted by Crippen LogP contribution is -0.382. The zero-order valence-corrected chi connectivity index (χ0v) is 1.00. The molecule has 0 radical (unpaired) electrons. The Morgan fingerprint density at radius 1 is 0.500 bits per heavy atom. The zero-order valence-electron chi connectivity index (χ0n) is 1.00. The van der Waals surface area contributed by atoms with Gasteiger partial charge in [-0.2, -0.15) is 0 Å². The molecule has 0 bridgehead atoms. The van der Waals surface area contributed by atoms with Crippen LogP contribution in [0.4, 0.5) is 0 Å². The van der Waals surface area contributed by atoms with E-state index < -0.39 is 0 Å². The Hall–Kier alpha value is 0.985. The van der Waals surface area contributed by atoms with Crippen molar-refractivity contribution in [2.45, 2.75) is 0 Å². The van der Waals surface area contributed by atoms with Crippen LogP contribution >= 0.6 is 0 Å². The minimum Gasteiger partial charge on any atom is -0.412 e. The summed E-state index contributed by atoms with van der Waals surface area (Å²) in [5.74, 6) is 0. The van der Waals surface area contributed by atoms with Crippen LogP contribution in [-0.4, -0.2) is 45.7 Å². The van der Waals surface area contributed by atoms with Crippen LogP contribution < -0.4 is 0 Å². The highest BCUT2D eigenvalue weighted by Gasteiger charge is 0.188. The van der Waals surface area contributed by atoms with Gasteiger partial charge in [-0.15, -0.1) is 0 Å². The molecule has 4 N–H and O–H groups in total. The van der Waals surface area contributed by atoms with Gasteiger partial charge in [-0.05, 0) is 0 Å². The van der Waals surface area contributed by atoms with Gasteiger partial charge in [0.05, 0.1) is 0 Å². The van der Waals surface area contributed by atoms with Crippen LogP contribution in [0.15, 0.2) is 0 Å². The largest absolute Gasteiger partial charge is 0.412 e. The van der Waals surface area contributed by atoms with Gasteiger partial charge < -0.3 is 11.0 Å². The summed E-state index contributed by atoms with van der Waals surface area (Å²) < 4.78 is 0. The van der Waals surface area contributed by atoms with E-state index in [-0.39, 0.29) is 45.7 Å². The number of rotatable bonds is 0. The third kappa shape index (κ3) is 12.1. The molecule has 0 atom stereocenters. The van der Waals surface area contributed by atoms with E-state index in [0.29, 0.717) is 0 Å². The first-order chi connectivity index (χ1) is 0. The number of hydrogen-bond donors (Lipinski definition) is 0. The normalized spacial score (nSPS) is 0. The second kappa shape index (κ2) is 36.6. The minimum atomic E-state index is 0. The quantitative estimate of drug-likeness (QED) is 0.276. The predicted molar refractivity (Wildman–Crippen MR) is 27.1 cm³/mol. The molecule has 0 aromatic heterocycles. The smallest absolute Gasteiger partial charge is 0.187 e. The van der Waals surface area contributed by atoms with Crippen molar-refractivity contribution in [1.82, 2.24) is 0 Å². The second-order valence-electron chi connectivity index (χ2n) is 0. The fourth-order valence-electron chi connectivity index (χ4n) is 0. The van der Waals surface area contributed by atoms with Gasteiger partial charge in [0, 0.05) is 0 Å². The van der Waals surface area contributed by atoms with Gasteiger partial charge in [0.1, 0.15) is 0 Å². The Morgan fingerprint density at radius 2 is 0.500 bits per heavy atom. The molecule has 0 fully saturated rings. The van der Waals surface area contributed by atoms with E-state index in [0.717, 1.165) is 0 Å². The van der Waals surface area contributed by atoms with E-state index in [9.17, 15) is 0 Å². The molecule has 4 heteroatoms. The van der Waals surface area contributed by atoms with Crippen LogP contribution in [-0.2, 0) is 0 Å². The maximum Gasteiger partial charge on any atom is 0.187 e. The molecule has 0 aliphatic rings. The van der Waals surface area contributed by atoms with Crippen LogP contribution in [0.5, 0.6) is 0 Å². The molecule has 0 saturated carbocycles. The van der Waals surface area contributed by atoms with Crippen LogP contribution in [0, 0.1) is 0 Å². The Morgan fingerprint density at radius 3 is 0.500 bits per heavy atom. The van der Waals surface area contributed by atoms with Crippen molar-refractivity contribution in [2.24, 2.45) is 0 Å². The fourth-order valence-corrected chi connectivity index (χ4v) is 0. The third-order valence-corrected chi connectivity index (χ3v) is 0. The molecule has 0 heterocycles. The molecule has 0 aromatic carbocycles. The first-order valence-corrected chi connectivity index (χ1v) is 0. The average molecular weight is 96.0 g/mol. The van der Waals surface area contributed by atoms with Gasteiger partial charge in [0.2, 0.25) is 0 Å². The lowest BCUT2D eigenvalue weighted by atomic mass is 16.0. The van der Waals surface area contributed by atoms with Gasteiger partial charge in [0.15, 0.2) is 34.7 Å². The van der Waals surface area contributed by atoms with Crippen molar-refractivity contribution in [2.75, 3.05) is 0 Å². The van der Waals surface area contributed by atoms with E-state index >= 15 is 0 Å². The molecular formula is H10Al2O2. The van der Waals surface area contributed by atoms with Crippen LogP contribution in [0.3, 0.4) is 0 Å². The van der Waals surface area contributed by atoms with Crippen LogP contribution in [0.1, 0.15) is 0 Å². The molecular weight excluding hydrogens is 86.0 g/mol. The van der Waals surface area contributed by atoms with Crippen molar-refractivity contribution in [3.63, 3.8) is 0 Å². The summed E-state index contributed by atoms with van der Waals surface area (Å²) in [6.07, 6.45) is 0. The monoisotopic (exact) mass is 96.0 g/mol. The van der Waals surface area contributed by atoms with Gasteiger partial charge in [-0.25, -0.2) is 0 Å². The minimum absolute atomic E-state index is 0. The molecule has 0 unspecified atom stereocenters. The molecule has 2 nitrogen and oxygen atoms in total. The molecule has 0 saturated heterocycles. The summed E-state index contributed by atoms with van der Waals surface area (Å²) in [5, 5.41) is 0. The molecule has 0 rings (SSSR count). The maximum absolute atomic E-state index is 0. The Balaban J connectivity index is 0. The summed E-state index contributed by atoms with van der Waals surface area (Å²) in [4.78, 5) is 0. The lowest BCUT2D eigenvalue weighted by Gasteiger charge is -0.413. The highest BCUT2D eigenvalue weighted by atomic mass is 27.0. The zero-order chi connectivity index (χ0) is 0. The van der Waals surface area contributed by atoms with Gasteiger partial charge in [0.25, 0.3) is 0 Å². The molecule has 0 spiro atoms. The van der Waals surface area contributed by atoms with Crippen molar-refractivity contribution in [1.29, 1.82) is 0 Å². The topological polar surface area (TPSA) is 63.0 Å². The number of hydrogen-bond acceptors (Lipinski definition) is 0. The Bertz CT molecular complexity index is 4.00. The molecule has 0 amide bonds. The summed E-state index contributed by atoms with van der Waals surface area (Å²) in [5.41, 5.74) is 0. The first kappa shape index (κ1) is 81.6. The van der Waals surface area contributed by atoms with Gasteiger partial charge in [-0.3, -0.25) is 0 Å². The molecule has 0 aromatic rings. The Labute approximate surface area is 46.1 Å². The van der Waals surface area contributed by atoms with Gasteiger partial charge >= 0.3 is 0 Å². The van der Waals surface area contributed by atoms with Crippen LogP contribution in [0.2, 0.25) is 0 Å². The first-order valence-electron chi connectivity index (χ1n) is 0. The maximum atomic E-state index is 0. The standard InChI is InChI=1S/2Al.2H2O.6H/h;;2*1H2;;;;;;. The summed E-state index contributed by atoms with van der Waals surface area (Å²) in [6.45, 7) is 0. The van der Waals surface area contributed by atoms with Crippen molar-refractivity contribution < 1.29 is 11.0 Å². The molecule has 0 aliphatic carbocycles. The predicted octanol–water partition coefficient (Wildman–Crippen LogP) is -4.02. The van der Waals surface area contributed by atoms with E-state index in [1.807, 2.05) is 0 Å². The van der Waals surface area contributed by atoms with Crippen molar-refractivity contribution >= 4 is 34.7 Å². The van der Waals surface area contributed by atoms with E-state index in [1.165, 1.54) is 0 Å². The van der Waals surface area contributed by atoms with Crippen molar-refractivity contribution in [3.05, 3.63) is 0 Å².